The van der Waals surface area contributed by atoms with Crippen LogP contribution in [0.15, 0.2) is 35.7 Å². The van der Waals surface area contributed by atoms with Crippen LogP contribution in [0.1, 0.15) is 24.3 Å². The van der Waals surface area contributed by atoms with Gasteiger partial charge < -0.3 is 10.6 Å². The van der Waals surface area contributed by atoms with Gasteiger partial charge in [0.05, 0.1) is 17.9 Å². The van der Waals surface area contributed by atoms with Gasteiger partial charge in [0, 0.05) is 10.9 Å². The number of hydrogen-bond donors (Lipinski definition) is 1. The molecule has 1 aromatic carbocycles. The minimum atomic E-state index is 0.427. The van der Waals surface area contributed by atoms with Crippen molar-refractivity contribution in [3.8, 4) is 0 Å². The maximum absolute atomic E-state index is 6.12. The number of nitrogens with zero attached hydrogens (tertiary/aromatic N) is 1. The molecule has 2 rings (SSSR count). The van der Waals surface area contributed by atoms with E-state index in [1.54, 1.807) is 11.3 Å². The fraction of sp³-hybridized carbons (Fsp3) is 0.333. The summed E-state index contributed by atoms with van der Waals surface area (Å²) in [6.45, 7) is 7.43. The Balaban J connectivity index is 2.32. The van der Waals surface area contributed by atoms with E-state index in [4.69, 9.17) is 5.73 Å². The zero-order valence-electron chi connectivity index (χ0n) is 11.2. The summed E-state index contributed by atoms with van der Waals surface area (Å²) in [5.74, 6) is 0. The molecule has 0 unspecified atom stereocenters. The lowest BCUT2D eigenvalue weighted by molar-refractivity contribution is 0.688. The Labute approximate surface area is 113 Å². The van der Waals surface area contributed by atoms with Gasteiger partial charge in [-0.3, -0.25) is 0 Å². The maximum Gasteiger partial charge on any atom is 0.0608 e. The lowest BCUT2D eigenvalue weighted by atomic mass is 10.1. The van der Waals surface area contributed by atoms with Gasteiger partial charge in [0.2, 0.25) is 0 Å². The molecule has 1 aromatic heterocycles. The fourth-order valence-corrected chi connectivity index (χ4v) is 2.72. The van der Waals surface area contributed by atoms with Crippen LogP contribution in [0.25, 0.3) is 0 Å². The van der Waals surface area contributed by atoms with Crippen LogP contribution in [-0.4, -0.2) is 6.04 Å². The summed E-state index contributed by atoms with van der Waals surface area (Å²) in [6, 6.07) is 10.9. The van der Waals surface area contributed by atoms with Crippen LogP contribution >= 0.6 is 11.3 Å². The van der Waals surface area contributed by atoms with Gasteiger partial charge >= 0.3 is 0 Å². The molecule has 0 aliphatic rings. The average molecular weight is 260 g/mol. The first-order chi connectivity index (χ1) is 8.58. The van der Waals surface area contributed by atoms with Crippen molar-refractivity contribution in [3.05, 3.63) is 46.2 Å². The largest absolute Gasteiger partial charge is 0.397 e. The summed E-state index contributed by atoms with van der Waals surface area (Å²) in [4.78, 5) is 3.72. The van der Waals surface area contributed by atoms with E-state index in [-0.39, 0.29) is 0 Å². The molecule has 0 fully saturated rings. The van der Waals surface area contributed by atoms with E-state index >= 15 is 0 Å². The summed E-state index contributed by atoms with van der Waals surface area (Å²) < 4.78 is 0. The Morgan fingerprint density at radius 1 is 1.28 bits per heavy atom. The minimum absolute atomic E-state index is 0.427. The van der Waals surface area contributed by atoms with Crippen LogP contribution in [0.4, 0.5) is 11.4 Å². The number of nitrogens with two attached hydrogens (primary N) is 1. The van der Waals surface area contributed by atoms with Gasteiger partial charge in [0.1, 0.15) is 0 Å². The third-order valence-corrected chi connectivity index (χ3v) is 3.89. The summed E-state index contributed by atoms with van der Waals surface area (Å²) in [5.41, 5.74) is 9.36. The molecule has 0 saturated carbocycles. The molecule has 0 amide bonds. The van der Waals surface area contributed by atoms with Crippen LogP contribution in [0, 0.1) is 6.92 Å². The molecule has 0 aliphatic carbocycles. The Morgan fingerprint density at radius 2 is 2.06 bits per heavy atom. The third-order valence-electron chi connectivity index (χ3n) is 3.02. The summed E-state index contributed by atoms with van der Waals surface area (Å²) in [7, 11) is 0. The molecule has 0 saturated heterocycles. The number of nitrogen functional groups attached to an aromatic ring is 1. The van der Waals surface area contributed by atoms with Crippen molar-refractivity contribution in [1.82, 2.24) is 0 Å². The second kappa shape index (κ2) is 5.44. The van der Waals surface area contributed by atoms with Gasteiger partial charge in [-0.05, 0) is 49.9 Å². The Kier molecular flexibility index (Phi) is 3.92. The third kappa shape index (κ3) is 2.85. The highest BCUT2D eigenvalue weighted by atomic mass is 32.1. The molecule has 0 atom stereocenters. The van der Waals surface area contributed by atoms with Gasteiger partial charge in [-0.25, -0.2) is 0 Å². The zero-order valence-corrected chi connectivity index (χ0v) is 12.0. The van der Waals surface area contributed by atoms with Crippen LogP contribution in [-0.2, 0) is 6.54 Å². The number of rotatable bonds is 4. The van der Waals surface area contributed by atoms with Gasteiger partial charge in [0.25, 0.3) is 0 Å². The van der Waals surface area contributed by atoms with Crippen molar-refractivity contribution in [2.24, 2.45) is 0 Å². The number of thiophene rings is 1. The number of benzene rings is 1. The first-order valence-electron chi connectivity index (χ1n) is 6.23. The van der Waals surface area contributed by atoms with E-state index in [9.17, 15) is 0 Å². The molecular formula is C15H20N2S. The van der Waals surface area contributed by atoms with Crippen LogP contribution in [0.5, 0.6) is 0 Å². The number of hydrogen-bond acceptors (Lipinski definition) is 3. The SMILES string of the molecule is Cc1ccc(N)c(N(Cc2cccs2)C(C)C)c1. The molecule has 2 N–H and O–H groups in total. The van der Waals surface area contributed by atoms with E-state index < -0.39 is 0 Å². The second-order valence-electron chi connectivity index (χ2n) is 4.86. The van der Waals surface area contributed by atoms with Crippen molar-refractivity contribution in [2.75, 3.05) is 10.6 Å². The number of aryl methyl sites for hydroxylation is 1. The van der Waals surface area contributed by atoms with Gasteiger partial charge in [0.15, 0.2) is 0 Å². The molecule has 96 valence electrons. The second-order valence-corrected chi connectivity index (χ2v) is 5.90. The molecule has 0 radical (unpaired) electrons. The molecule has 3 heteroatoms. The standard InChI is InChI=1S/C15H20N2S/c1-11(2)17(10-13-5-4-8-18-13)15-9-12(3)6-7-14(15)16/h4-9,11H,10,16H2,1-3H3. The van der Waals surface area contributed by atoms with E-state index in [1.807, 2.05) is 6.07 Å². The summed E-state index contributed by atoms with van der Waals surface area (Å²) in [6.07, 6.45) is 0. The molecule has 1 heterocycles. The lowest BCUT2D eigenvalue weighted by Gasteiger charge is -2.30. The zero-order chi connectivity index (χ0) is 13.1. The van der Waals surface area contributed by atoms with Crippen molar-refractivity contribution >= 4 is 22.7 Å². The molecule has 2 nitrogen and oxygen atoms in total. The van der Waals surface area contributed by atoms with Crippen molar-refractivity contribution < 1.29 is 0 Å². The molecule has 18 heavy (non-hydrogen) atoms. The van der Waals surface area contributed by atoms with Gasteiger partial charge in [-0.2, -0.15) is 0 Å². The predicted octanol–water partition coefficient (Wildman–Crippen LogP) is 4.05. The highest BCUT2D eigenvalue weighted by Gasteiger charge is 2.14. The quantitative estimate of drug-likeness (QED) is 0.840. The van der Waals surface area contributed by atoms with E-state index in [0.717, 1.165) is 17.9 Å². The lowest BCUT2D eigenvalue weighted by Crippen LogP contribution is -2.30. The fourth-order valence-electron chi connectivity index (χ4n) is 2.02. The van der Waals surface area contributed by atoms with Crippen molar-refractivity contribution in [3.63, 3.8) is 0 Å². The molecule has 0 aliphatic heterocycles. The molecule has 0 spiro atoms. The molecule has 0 bridgehead atoms. The van der Waals surface area contributed by atoms with Crippen molar-refractivity contribution in [2.45, 2.75) is 33.4 Å². The number of anilines is 2. The van der Waals surface area contributed by atoms with Crippen LogP contribution in [0.3, 0.4) is 0 Å². The average Bonchev–Trinajstić information content (AvgIpc) is 2.82. The Hall–Kier alpha value is -1.48. The first-order valence-corrected chi connectivity index (χ1v) is 7.11. The molecule has 2 aromatic rings. The predicted molar refractivity (Wildman–Crippen MR) is 81.2 cm³/mol. The van der Waals surface area contributed by atoms with E-state index in [2.05, 4.69) is 55.3 Å². The Bertz CT molecular complexity index is 503. The summed E-state index contributed by atoms with van der Waals surface area (Å²) >= 11 is 1.79. The van der Waals surface area contributed by atoms with Crippen molar-refractivity contribution in [1.29, 1.82) is 0 Å². The Morgan fingerprint density at radius 3 is 2.67 bits per heavy atom. The minimum Gasteiger partial charge on any atom is -0.397 e. The van der Waals surface area contributed by atoms with Crippen LogP contribution < -0.4 is 10.6 Å². The topological polar surface area (TPSA) is 29.3 Å². The van der Waals surface area contributed by atoms with Crippen LogP contribution in [0.2, 0.25) is 0 Å². The highest BCUT2D eigenvalue weighted by Crippen LogP contribution is 2.28. The smallest absolute Gasteiger partial charge is 0.0608 e. The van der Waals surface area contributed by atoms with Gasteiger partial charge in [-0.15, -0.1) is 11.3 Å². The monoisotopic (exact) mass is 260 g/mol. The van der Waals surface area contributed by atoms with E-state index in [0.29, 0.717) is 6.04 Å². The first kappa shape index (κ1) is 13.0. The summed E-state index contributed by atoms with van der Waals surface area (Å²) in [5, 5.41) is 2.12. The maximum atomic E-state index is 6.12. The van der Waals surface area contributed by atoms with Gasteiger partial charge in [-0.1, -0.05) is 12.1 Å². The highest BCUT2D eigenvalue weighted by molar-refractivity contribution is 7.09. The normalized spacial score (nSPS) is 10.9. The van der Waals surface area contributed by atoms with E-state index in [1.165, 1.54) is 10.4 Å². The molecular weight excluding hydrogens is 240 g/mol.